The molecule has 2 rings (SSSR count). The second-order valence-electron chi connectivity index (χ2n) is 5.15. The fourth-order valence-corrected chi connectivity index (χ4v) is 1.91. The second kappa shape index (κ2) is 7.73. The first-order valence-electron chi connectivity index (χ1n) is 7.22. The highest BCUT2D eigenvalue weighted by molar-refractivity contribution is 5.92. The van der Waals surface area contributed by atoms with Gasteiger partial charge < -0.3 is 19.2 Å². The summed E-state index contributed by atoms with van der Waals surface area (Å²) in [4.78, 5) is 17.8. The number of aromatic nitrogens is 1. The molecular weight excluding hydrogens is 303 g/mol. The normalized spacial score (nSPS) is 12.0. The Balaban J connectivity index is 1.94. The molecule has 23 heavy (non-hydrogen) atoms. The number of hydrogen-bond acceptors (Lipinski definition) is 5. The zero-order valence-electron chi connectivity index (χ0n) is 13.0. The predicted octanol–water partition coefficient (Wildman–Crippen LogP) is 2.24. The van der Waals surface area contributed by atoms with Crippen molar-refractivity contribution < 1.29 is 23.4 Å². The molecule has 1 N–H and O–H groups in total. The lowest BCUT2D eigenvalue weighted by Gasteiger charge is -2.23. The van der Waals surface area contributed by atoms with Crippen LogP contribution in [0.1, 0.15) is 29.7 Å². The van der Waals surface area contributed by atoms with Crippen molar-refractivity contribution in [2.24, 2.45) is 0 Å². The molecule has 7 heteroatoms. The van der Waals surface area contributed by atoms with Crippen LogP contribution in [0, 0.1) is 5.82 Å². The Kier molecular flexibility index (Phi) is 5.70. The number of carbonyl (C=O) groups is 1. The molecule has 124 valence electrons. The lowest BCUT2D eigenvalue weighted by molar-refractivity contribution is 0.0716. The molecule has 0 saturated carbocycles. The summed E-state index contributed by atoms with van der Waals surface area (Å²) in [7, 11) is 1.64. The van der Waals surface area contributed by atoms with Crippen LogP contribution in [0.25, 0.3) is 0 Å². The van der Waals surface area contributed by atoms with Gasteiger partial charge in [-0.1, -0.05) is 0 Å². The molecule has 0 bridgehead atoms. The molecule has 0 aliphatic heterocycles. The maximum atomic E-state index is 12.8. The van der Waals surface area contributed by atoms with Crippen molar-refractivity contribution in [3.63, 3.8) is 0 Å². The van der Waals surface area contributed by atoms with Crippen LogP contribution in [0.15, 0.2) is 34.9 Å². The van der Waals surface area contributed by atoms with E-state index in [1.165, 1.54) is 35.4 Å². The van der Waals surface area contributed by atoms with Crippen molar-refractivity contribution in [2.45, 2.75) is 26.0 Å². The van der Waals surface area contributed by atoms with E-state index in [-0.39, 0.29) is 42.6 Å². The highest BCUT2D eigenvalue weighted by Gasteiger charge is 2.20. The summed E-state index contributed by atoms with van der Waals surface area (Å²) in [6.07, 6.45) is 1.76. The van der Waals surface area contributed by atoms with E-state index in [0.717, 1.165) is 0 Å². The Labute approximate surface area is 133 Å². The van der Waals surface area contributed by atoms with E-state index in [2.05, 4.69) is 4.98 Å². The summed E-state index contributed by atoms with van der Waals surface area (Å²) in [6.45, 7) is 1.88. The number of ether oxygens (including phenoxy) is 1. The van der Waals surface area contributed by atoms with Crippen LogP contribution in [0.2, 0.25) is 0 Å². The summed E-state index contributed by atoms with van der Waals surface area (Å²) < 4.78 is 23.4. The highest BCUT2D eigenvalue weighted by atomic mass is 19.1. The molecule has 0 unspecified atom stereocenters. The first-order valence-corrected chi connectivity index (χ1v) is 7.22. The molecule has 1 amide bonds. The zero-order chi connectivity index (χ0) is 16.8. The molecule has 6 nitrogen and oxygen atoms in total. The van der Waals surface area contributed by atoms with Crippen LogP contribution in [0.4, 0.5) is 4.39 Å². The van der Waals surface area contributed by atoms with Gasteiger partial charge in [0.2, 0.25) is 5.89 Å². The average molecular weight is 322 g/mol. The molecule has 1 atom stereocenters. The number of aliphatic hydroxyl groups excluding tert-OH is 1. The van der Waals surface area contributed by atoms with Gasteiger partial charge in [-0.05, 0) is 37.6 Å². The Hall–Kier alpha value is -2.41. The van der Waals surface area contributed by atoms with E-state index in [1.54, 1.807) is 7.05 Å². The van der Waals surface area contributed by atoms with Crippen molar-refractivity contribution in [3.8, 4) is 5.75 Å². The number of nitrogens with zero attached hydrogens (tertiary/aromatic N) is 2. The number of carbonyl (C=O) groups excluding carboxylic acids is 1. The Morgan fingerprint density at radius 1 is 1.43 bits per heavy atom. The smallest absolute Gasteiger partial charge is 0.275 e. The lowest BCUT2D eigenvalue weighted by atomic mass is 10.2. The van der Waals surface area contributed by atoms with Crippen molar-refractivity contribution in [1.29, 1.82) is 0 Å². The van der Waals surface area contributed by atoms with Gasteiger partial charge in [0.15, 0.2) is 12.3 Å². The quantitative estimate of drug-likeness (QED) is 0.846. The van der Waals surface area contributed by atoms with E-state index in [1.807, 2.05) is 6.92 Å². The number of halogens is 1. The van der Waals surface area contributed by atoms with Crippen molar-refractivity contribution in [1.82, 2.24) is 9.88 Å². The molecule has 0 aliphatic carbocycles. The molecule has 1 aromatic heterocycles. The SMILES string of the molecule is C[C@H](CCO)N(C)C(=O)c1coc(COc2ccc(F)cc2)n1. The number of rotatable bonds is 7. The van der Waals surface area contributed by atoms with E-state index in [4.69, 9.17) is 14.3 Å². The minimum absolute atomic E-state index is 0.00830. The summed E-state index contributed by atoms with van der Waals surface area (Å²) in [5.41, 5.74) is 0.176. The molecule has 1 heterocycles. The Bertz CT molecular complexity index is 642. The fourth-order valence-electron chi connectivity index (χ4n) is 1.91. The third-order valence-corrected chi connectivity index (χ3v) is 3.48. The Morgan fingerprint density at radius 3 is 2.78 bits per heavy atom. The topological polar surface area (TPSA) is 75.8 Å². The fraction of sp³-hybridized carbons (Fsp3) is 0.375. The highest BCUT2D eigenvalue weighted by Crippen LogP contribution is 2.14. The number of aliphatic hydroxyl groups is 1. The van der Waals surface area contributed by atoms with Gasteiger partial charge in [-0.2, -0.15) is 0 Å². The summed E-state index contributed by atoms with van der Waals surface area (Å²) in [5.74, 6) is 0.0937. The minimum atomic E-state index is -0.346. The van der Waals surface area contributed by atoms with Crippen molar-refractivity contribution in [3.05, 3.63) is 47.9 Å². The third-order valence-electron chi connectivity index (χ3n) is 3.48. The average Bonchev–Trinajstić information content (AvgIpc) is 3.02. The van der Waals surface area contributed by atoms with E-state index in [9.17, 15) is 9.18 Å². The van der Waals surface area contributed by atoms with E-state index >= 15 is 0 Å². The summed E-state index contributed by atoms with van der Waals surface area (Å²) in [5, 5.41) is 8.93. The van der Waals surface area contributed by atoms with Gasteiger partial charge in [0.05, 0.1) is 0 Å². The molecule has 0 fully saturated rings. The van der Waals surface area contributed by atoms with Crippen LogP contribution < -0.4 is 4.74 Å². The maximum Gasteiger partial charge on any atom is 0.275 e. The van der Waals surface area contributed by atoms with Gasteiger partial charge in [0.1, 0.15) is 17.8 Å². The number of oxazole rings is 1. The van der Waals surface area contributed by atoms with Crippen LogP contribution in [0.5, 0.6) is 5.75 Å². The molecule has 0 aliphatic rings. The Morgan fingerprint density at radius 2 is 2.13 bits per heavy atom. The zero-order valence-corrected chi connectivity index (χ0v) is 13.0. The van der Waals surface area contributed by atoms with Crippen LogP contribution in [-0.2, 0) is 6.61 Å². The monoisotopic (exact) mass is 322 g/mol. The van der Waals surface area contributed by atoms with Gasteiger partial charge in [-0.3, -0.25) is 4.79 Å². The first-order chi connectivity index (χ1) is 11.0. The minimum Gasteiger partial charge on any atom is -0.484 e. The molecular formula is C16H19FN2O4. The van der Waals surface area contributed by atoms with Gasteiger partial charge in [-0.25, -0.2) is 9.37 Å². The van der Waals surface area contributed by atoms with Gasteiger partial charge in [-0.15, -0.1) is 0 Å². The van der Waals surface area contributed by atoms with Crippen LogP contribution >= 0.6 is 0 Å². The number of hydrogen-bond donors (Lipinski definition) is 1. The first kappa shape index (κ1) is 17.0. The van der Waals surface area contributed by atoms with Crippen LogP contribution in [0.3, 0.4) is 0 Å². The van der Waals surface area contributed by atoms with Crippen LogP contribution in [-0.4, -0.2) is 40.6 Å². The molecule has 1 aromatic carbocycles. The lowest BCUT2D eigenvalue weighted by Crippen LogP contribution is -2.35. The summed E-state index contributed by atoms with van der Waals surface area (Å²) in [6, 6.07) is 5.46. The van der Waals surface area contributed by atoms with Gasteiger partial charge in [0.25, 0.3) is 5.91 Å². The van der Waals surface area contributed by atoms with Crippen molar-refractivity contribution >= 4 is 5.91 Å². The van der Waals surface area contributed by atoms with Crippen molar-refractivity contribution in [2.75, 3.05) is 13.7 Å². The standard InChI is InChI=1S/C16H19FN2O4/c1-11(7-8-20)19(2)16(21)14-9-23-15(18-14)10-22-13-5-3-12(17)4-6-13/h3-6,9,11,20H,7-8,10H2,1-2H3/t11-/m1/s1. The maximum absolute atomic E-state index is 12.8. The predicted molar refractivity (Wildman–Crippen MR) is 80.5 cm³/mol. The van der Waals surface area contributed by atoms with E-state index in [0.29, 0.717) is 12.2 Å². The molecule has 0 spiro atoms. The van der Waals surface area contributed by atoms with E-state index < -0.39 is 0 Å². The summed E-state index contributed by atoms with van der Waals surface area (Å²) >= 11 is 0. The number of benzene rings is 1. The molecule has 0 saturated heterocycles. The third kappa shape index (κ3) is 4.53. The number of amides is 1. The largest absolute Gasteiger partial charge is 0.484 e. The molecule has 2 aromatic rings. The van der Waals surface area contributed by atoms with Gasteiger partial charge in [0, 0.05) is 19.7 Å². The second-order valence-corrected chi connectivity index (χ2v) is 5.15. The molecule has 0 radical (unpaired) electrons. The van der Waals surface area contributed by atoms with Gasteiger partial charge >= 0.3 is 0 Å².